The molecule has 0 aromatic rings. The molecule has 4 nitrogen and oxygen atoms in total. The second kappa shape index (κ2) is 7.41. The van der Waals surface area contributed by atoms with Crippen molar-refractivity contribution in [2.75, 3.05) is 39.3 Å². The van der Waals surface area contributed by atoms with E-state index in [0.717, 1.165) is 19.0 Å². The zero-order valence-electron chi connectivity index (χ0n) is 13.3. The lowest BCUT2D eigenvalue weighted by atomic mass is 9.90. The van der Waals surface area contributed by atoms with E-state index in [0.29, 0.717) is 5.92 Å². The van der Waals surface area contributed by atoms with E-state index >= 15 is 0 Å². The lowest BCUT2D eigenvalue weighted by Gasteiger charge is -2.40. The Balaban J connectivity index is 1.75. The number of hydrogen-bond acceptors (Lipinski definition) is 3. The third kappa shape index (κ3) is 4.19. The van der Waals surface area contributed by atoms with E-state index < -0.39 is 0 Å². The zero-order valence-corrected chi connectivity index (χ0v) is 13.3. The maximum absolute atomic E-state index is 11.6. The van der Waals surface area contributed by atoms with Gasteiger partial charge in [-0.1, -0.05) is 13.8 Å². The summed E-state index contributed by atoms with van der Waals surface area (Å²) in [6, 6.07) is 0. The zero-order chi connectivity index (χ0) is 14.5. The van der Waals surface area contributed by atoms with Crippen LogP contribution >= 0.6 is 0 Å². The van der Waals surface area contributed by atoms with Crippen molar-refractivity contribution in [2.45, 2.75) is 46.1 Å². The van der Waals surface area contributed by atoms with E-state index in [2.05, 4.69) is 25.7 Å². The van der Waals surface area contributed by atoms with Gasteiger partial charge in [0.25, 0.3) is 0 Å². The summed E-state index contributed by atoms with van der Waals surface area (Å²) in [5.74, 6) is 1.57. The molecular formula is C16H30N2O2. The van der Waals surface area contributed by atoms with Crippen LogP contribution in [0.2, 0.25) is 0 Å². The van der Waals surface area contributed by atoms with Crippen LogP contribution in [0.15, 0.2) is 0 Å². The molecule has 0 aromatic carbocycles. The molecule has 116 valence electrons. The van der Waals surface area contributed by atoms with Gasteiger partial charge in [0.05, 0.1) is 6.10 Å². The minimum atomic E-state index is 0.151. The Hall–Kier alpha value is -0.610. The molecule has 0 aliphatic carbocycles. The van der Waals surface area contributed by atoms with E-state index in [4.69, 9.17) is 4.74 Å². The molecule has 0 spiro atoms. The molecule has 2 saturated heterocycles. The molecule has 20 heavy (non-hydrogen) atoms. The predicted octanol–water partition coefficient (Wildman–Crippen LogP) is 1.99. The summed E-state index contributed by atoms with van der Waals surface area (Å²) in [5, 5.41) is 0. The third-order valence-electron chi connectivity index (χ3n) is 4.74. The monoisotopic (exact) mass is 282 g/mol. The molecule has 0 aromatic heterocycles. The smallest absolute Gasteiger partial charge is 0.248 e. The number of rotatable bonds is 5. The summed E-state index contributed by atoms with van der Waals surface area (Å²) in [5.41, 5.74) is 0. The summed E-state index contributed by atoms with van der Waals surface area (Å²) in [6.45, 7) is 12.1. The summed E-state index contributed by atoms with van der Waals surface area (Å²) in [4.78, 5) is 16.2. The molecule has 2 aliphatic rings. The number of amides is 1. The third-order valence-corrected chi connectivity index (χ3v) is 4.74. The maximum Gasteiger partial charge on any atom is 0.248 e. The first-order valence-electron chi connectivity index (χ1n) is 8.21. The lowest BCUT2D eigenvalue weighted by molar-refractivity contribution is -0.153. The SMILES string of the molecule is CCN1CC(C2CCN(CCC(C)C)CC2)OCC1=O. The molecule has 1 atom stereocenters. The Labute approximate surface area is 123 Å². The van der Waals surface area contributed by atoms with Crippen LogP contribution in [0.4, 0.5) is 0 Å². The van der Waals surface area contributed by atoms with Gasteiger partial charge in [-0.2, -0.15) is 0 Å². The van der Waals surface area contributed by atoms with Crippen LogP contribution in [-0.2, 0) is 9.53 Å². The first-order valence-corrected chi connectivity index (χ1v) is 8.21. The van der Waals surface area contributed by atoms with E-state index in [1.807, 2.05) is 4.90 Å². The van der Waals surface area contributed by atoms with E-state index in [1.54, 1.807) is 0 Å². The Morgan fingerprint density at radius 3 is 2.60 bits per heavy atom. The van der Waals surface area contributed by atoms with Crippen molar-refractivity contribution in [1.82, 2.24) is 9.80 Å². The van der Waals surface area contributed by atoms with Crippen molar-refractivity contribution >= 4 is 5.91 Å². The van der Waals surface area contributed by atoms with Gasteiger partial charge in [-0.05, 0) is 57.7 Å². The Morgan fingerprint density at radius 2 is 2.00 bits per heavy atom. The van der Waals surface area contributed by atoms with Crippen molar-refractivity contribution in [3.05, 3.63) is 0 Å². The molecular weight excluding hydrogens is 252 g/mol. The molecule has 2 fully saturated rings. The van der Waals surface area contributed by atoms with Crippen molar-refractivity contribution < 1.29 is 9.53 Å². The lowest BCUT2D eigenvalue weighted by Crippen LogP contribution is -2.51. The van der Waals surface area contributed by atoms with Gasteiger partial charge in [-0.25, -0.2) is 0 Å². The minimum absolute atomic E-state index is 0.151. The number of carbonyl (C=O) groups is 1. The fraction of sp³-hybridized carbons (Fsp3) is 0.938. The van der Waals surface area contributed by atoms with E-state index in [1.165, 1.54) is 38.9 Å². The van der Waals surface area contributed by atoms with Crippen molar-refractivity contribution in [3.63, 3.8) is 0 Å². The maximum atomic E-state index is 11.6. The summed E-state index contributed by atoms with van der Waals surface area (Å²) >= 11 is 0. The highest BCUT2D eigenvalue weighted by atomic mass is 16.5. The molecule has 1 unspecified atom stereocenters. The molecule has 0 N–H and O–H groups in total. The number of hydrogen-bond donors (Lipinski definition) is 0. The second-order valence-electron chi connectivity index (χ2n) is 6.64. The fourth-order valence-electron chi connectivity index (χ4n) is 3.22. The average Bonchev–Trinajstić information content (AvgIpc) is 2.46. The van der Waals surface area contributed by atoms with Gasteiger partial charge in [-0.15, -0.1) is 0 Å². The number of nitrogens with zero attached hydrogens (tertiary/aromatic N) is 2. The number of ether oxygens (including phenoxy) is 1. The van der Waals surface area contributed by atoms with Crippen LogP contribution in [-0.4, -0.2) is 61.1 Å². The molecule has 0 radical (unpaired) electrons. The van der Waals surface area contributed by atoms with Crippen molar-refractivity contribution in [3.8, 4) is 0 Å². The van der Waals surface area contributed by atoms with Crippen LogP contribution < -0.4 is 0 Å². The number of likely N-dealkylation sites (N-methyl/N-ethyl adjacent to an activating group) is 1. The Kier molecular flexibility index (Phi) is 5.85. The van der Waals surface area contributed by atoms with Crippen molar-refractivity contribution in [2.24, 2.45) is 11.8 Å². The van der Waals surface area contributed by atoms with Crippen LogP contribution in [0.1, 0.15) is 40.0 Å². The highest BCUT2D eigenvalue weighted by molar-refractivity contribution is 5.78. The highest BCUT2D eigenvalue weighted by Gasteiger charge is 2.33. The van der Waals surface area contributed by atoms with Gasteiger partial charge in [0.1, 0.15) is 6.61 Å². The molecule has 0 saturated carbocycles. The Morgan fingerprint density at radius 1 is 1.30 bits per heavy atom. The topological polar surface area (TPSA) is 32.8 Å². The molecule has 1 amide bonds. The van der Waals surface area contributed by atoms with Gasteiger partial charge in [0, 0.05) is 13.1 Å². The van der Waals surface area contributed by atoms with Crippen LogP contribution in [0.25, 0.3) is 0 Å². The van der Waals surface area contributed by atoms with Gasteiger partial charge in [0.15, 0.2) is 0 Å². The van der Waals surface area contributed by atoms with Gasteiger partial charge in [0.2, 0.25) is 5.91 Å². The molecule has 2 rings (SSSR count). The molecule has 4 heteroatoms. The number of morpholine rings is 1. The predicted molar refractivity (Wildman–Crippen MR) is 80.6 cm³/mol. The van der Waals surface area contributed by atoms with E-state index in [-0.39, 0.29) is 18.6 Å². The quantitative estimate of drug-likeness (QED) is 0.773. The standard InChI is InChI=1S/C16H30N2O2/c1-4-18-11-15(20-12-16(18)19)14-6-9-17(10-7-14)8-5-13(2)3/h13-15H,4-12H2,1-3H3. The van der Waals surface area contributed by atoms with Gasteiger partial charge in [-0.3, -0.25) is 4.79 Å². The highest BCUT2D eigenvalue weighted by Crippen LogP contribution is 2.25. The second-order valence-corrected chi connectivity index (χ2v) is 6.64. The average molecular weight is 282 g/mol. The largest absolute Gasteiger partial charge is 0.366 e. The van der Waals surface area contributed by atoms with Crippen LogP contribution in [0, 0.1) is 11.8 Å². The number of likely N-dealkylation sites (tertiary alicyclic amines) is 1. The van der Waals surface area contributed by atoms with Crippen LogP contribution in [0.5, 0.6) is 0 Å². The summed E-state index contributed by atoms with van der Waals surface area (Å²) < 4.78 is 5.79. The van der Waals surface area contributed by atoms with Gasteiger partial charge < -0.3 is 14.5 Å². The molecule has 0 bridgehead atoms. The fourth-order valence-corrected chi connectivity index (χ4v) is 3.22. The number of carbonyl (C=O) groups excluding carboxylic acids is 1. The summed E-state index contributed by atoms with van der Waals surface area (Å²) in [7, 11) is 0. The Bertz CT molecular complexity index is 312. The first-order chi connectivity index (χ1) is 9.60. The molecule has 2 heterocycles. The summed E-state index contributed by atoms with van der Waals surface area (Å²) in [6.07, 6.45) is 3.99. The first kappa shape index (κ1) is 15.8. The van der Waals surface area contributed by atoms with E-state index in [9.17, 15) is 4.79 Å². The van der Waals surface area contributed by atoms with Crippen LogP contribution in [0.3, 0.4) is 0 Å². The normalized spacial score (nSPS) is 26.5. The minimum Gasteiger partial charge on any atom is -0.366 e. The van der Waals surface area contributed by atoms with Crippen molar-refractivity contribution in [1.29, 1.82) is 0 Å². The molecule has 2 aliphatic heterocycles. The number of piperidine rings is 1. The van der Waals surface area contributed by atoms with Gasteiger partial charge >= 0.3 is 0 Å².